The summed E-state index contributed by atoms with van der Waals surface area (Å²) in [4.78, 5) is 4.47. The molecule has 0 radical (unpaired) electrons. The largest absolute Gasteiger partial charge is 0.435 e. The van der Waals surface area contributed by atoms with E-state index in [1.165, 1.54) is 25.0 Å². The monoisotopic (exact) mass is 279 g/mol. The Hall–Kier alpha value is -1.98. The number of hydrogen-bond acceptors (Lipinski definition) is 3. The van der Waals surface area contributed by atoms with E-state index in [9.17, 15) is 8.78 Å². The first kappa shape index (κ1) is 13.0. The van der Waals surface area contributed by atoms with Crippen LogP contribution in [0.1, 0.15) is 37.4 Å². The van der Waals surface area contributed by atoms with Gasteiger partial charge < -0.3 is 4.74 Å². The van der Waals surface area contributed by atoms with Gasteiger partial charge in [0.25, 0.3) is 0 Å². The maximum atomic E-state index is 12.2. The van der Waals surface area contributed by atoms with Crippen molar-refractivity contribution in [2.75, 3.05) is 0 Å². The SMILES string of the molecule is FC(F)Oc1cccc(-c2n[nH]c(C3CCCC3)n2)c1. The van der Waals surface area contributed by atoms with Gasteiger partial charge in [0.15, 0.2) is 5.82 Å². The fourth-order valence-electron chi connectivity index (χ4n) is 2.60. The summed E-state index contributed by atoms with van der Waals surface area (Å²) in [7, 11) is 0. The van der Waals surface area contributed by atoms with Crippen LogP contribution in [0.4, 0.5) is 8.78 Å². The second kappa shape index (κ2) is 5.56. The number of benzene rings is 1. The molecule has 1 fully saturated rings. The van der Waals surface area contributed by atoms with Crippen LogP contribution < -0.4 is 4.74 Å². The highest BCUT2D eigenvalue weighted by molar-refractivity contribution is 5.57. The summed E-state index contributed by atoms with van der Waals surface area (Å²) in [5.74, 6) is 1.96. The minimum absolute atomic E-state index is 0.115. The van der Waals surface area contributed by atoms with E-state index >= 15 is 0 Å². The second-order valence-corrected chi connectivity index (χ2v) is 4.93. The maximum absolute atomic E-state index is 12.2. The van der Waals surface area contributed by atoms with Crippen molar-refractivity contribution < 1.29 is 13.5 Å². The van der Waals surface area contributed by atoms with Gasteiger partial charge in [0.1, 0.15) is 11.6 Å². The van der Waals surface area contributed by atoms with Gasteiger partial charge in [-0.05, 0) is 25.0 Å². The van der Waals surface area contributed by atoms with Crippen molar-refractivity contribution in [3.8, 4) is 17.1 Å². The zero-order valence-electron chi connectivity index (χ0n) is 10.9. The Balaban J connectivity index is 1.81. The number of H-pyrrole nitrogens is 1. The van der Waals surface area contributed by atoms with Crippen molar-refractivity contribution in [2.45, 2.75) is 38.2 Å². The van der Waals surface area contributed by atoms with Crippen LogP contribution in [0, 0.1) is 0 Å². The van der Waals surface area contributed by atoms with Gasteiger partial charge >= 0.3 is 6.61 Å². The zero-order chi connectivity index (χ0) is 13.9. The van der Waals surface area contributed by atoms with Crippen molar-refractivity contribution in [1.29, 1.82) is 0 Å². The van der Waals surface area contributed by atoms with Crippen molar-refractivity contribution in [2.24, 2.45) is 0 Å². The van der Waals surface area contributed by atoms with E-state index < -0.39 is 6.61 Å². The van der Waals surface area contributed by atoms with Gasteiger partial charge in [0, 0.05) is 11.5 Å². The number of aromatic nitrogens is 3. The highest BCUT2D eigenvalue weighted by atomic mass is 19.3. The Labute approximate surface area is 115 Å². The molecule has 1 aliphatic carbocycles. The first-order valence-electron chi connectivity index (χ1n) is 6.70. The lowest BCUT2D eigenvalue weighted by atomic mass is 10.1. The predicted octanol–water partition coefficient (Wildman–Crippen LogP) is 3.73. The third-order valence-corrected chi connectivity index (χ3v) is 3.56. The average Bonchev–Trinajstić information content (AvgIpc) is 3.09. The van der Waals surface area contributed by atoms with E-state index in [1.54, 1.807) is 12.1 Å². The minimum Gasteiger partial charge on any atom is -0.435 e. The average molecular weight is 279 g/mol. The Morgan fingerprint density at radius 1 is 1.25 bits per heavy atom. The molecular weight excluding hydrogens is 264 g/mol. The fourth-order valence-corrected chi connectivity index (χ4v) is 2.60. The molecule has 1 N–H and O–H groups in total. The Bertz CT molecular complexity index is 579. The van der Waals surface area contributed by atoms with Crippen LogP contribution >= 0.6 is 0 Å². The van der Waals surface area contributed by atoms with Crippen LogP contribution in [0.5, 0.6) is 5.75 Å². The molecule has 1 saturated carbocycles. The fraction of sp³-hybridized carbons (Fsp3) is 0.429. The van der Waals surface area contributed by atoms with Gasteiger partial charge in [0.05, 0.1) is 0 Å². The molecule has 0 saturated heterocycles. The molecule has 1 aromatic carbocycles. The molecule has 0 atom stereocenters. The van der Waals surface area contributed by atoms with Gasteiger partial charge in [-0.1, -0.05) is 25.0 Å². The van der Waals surface area contributed by atoms with Gasteiger partial charge in [-0.2, -0.15) is 13.9 Å². The first-order chi connectivity index (χ1) is 9.72. The summed E-state index contributed by atoms with van der Waals surface area (Å²) in [6, 6.07) is 6.44. The lowest BCUT2D eigenvalue weighted by Crippen LogP contribution is -2.01. The molecule has 3 rings (SSSR count). The number of hydrogen-bond donors (Lipinski definition) is 1. The number of alkyl halides is 2. The zero-order valence-corrected chi connectivity index (χ0v) is 10.9. The molecular formula is C14H15F2N3O. The summed E-state index contributed by atoms with van der Waals surface area (Å²) in [6.07, 6.45) is 4.70. The molecule has 1 aliphatic rings. The third kappa shape index (κ3) is 2.79. The number of ether oxygens (including phenoxy) is 1. The normalized spacial score (nSPS) is 15.9. The molecule has 6 heteroatoms. The van der Waals surface area contributed by atoms with Crippen LogP contribution in [0.2, 0.25) is 0 Å². The number of halogens is 2. The smallest absolute Gasteiger partial charge is 0.387 e. The van der Waals surface area contributed by atoms with E-state index in [-0.39, 0.29) is 5.75 Å². The first-order valence-corrected chi connectivity index (χ1v) is 6.70. The van der Waals surface area contributed by atoms with Crippen LogP contribution in [0.25, 0.3) is 11.4 Å². The third-order valence-electron chi connectivity index (χ3n) is 3.56. The molecule has 0 aliphatic heterocycles. The van der Waals surface area contributed by atoms with Crippen LogP contribution in [-0.2, 0) is 0 Å². The summed E-state index contributed by atoms with van der Waals surface area (Å²) >= 11 is 0. The van der Waals surface area contributed by atoms with E-state index in [4.69, 9.17) is 0 Å². The lowest BCUT2D eigenvalue weighted by Gasteiger charge is -2.05. The van der Waals surface area contributed by atoms with Crippen LogP contribution in [0.3, 0.4) is 0 Å². The van der Waals surface area contributed by atoms with Crippen LogP contribution in [-0.4, -0.2) is 21.8 Å². The molecule has 20 heavy (non-hydrogen) atoms. The topological polar surface area (TPSA) is 50.8 Å². The molecule has 0 bridgehead atoms. The highest BCUT2D eigenvalue weighted by Crippen LogP contribution is 2.33. The van der Waals surface area contributed by atoms with Gasteiger partial charge in [-0.15, -0.1) is 0 Å². The van der Waals surface area contributed by atoms with Crippen molar-refractivity contribution in [3.63, 3.8) is 0 Å². The van der Waals surface area contributed by atoms with E-state index in [0.717, 1.165) is 18.7 Å². The maximum Gasteiger partial charge on any atom is 0.387 e. The molecule has 0 spiro atoms. The summed E-state index contributed by atoms with van der Waals surface area (Å²) < 4.78 is 28.8. The molecule has 0 amide bonds. The standard InChI is InChI=1S/C14H15F2N3O/c15-14(16)20-11-7-3-6-10(8-11)13-17-12(18-19-13)9-4-1-2-5-9/h3,6-9,14H,1-2,4-5H2,(H,17,18,19). The van der Waals surface area contributed by atoms with E-state index in [2.05, 4.69) is 19.9 Å². The number of rotatable bonds is 4. The van der Waals surface area contributed by atoms with E-state index in [1.807, 2.05) is 0 Å². The van der Waals surface area contributed by atoms with Crippen molar-refractivity contribution in [1.82, 2.24) is 15.2 Å². The Morgan fingerprint density at radius 3 is 2.80 bits per heavy atom. The summed E-state index contributed by atoms with van der Waals surface area (Å²) in [5.41, 5.74) is 0.670. The van der Waals surface area contributed by atoms with E-state index in [0.29, 0.717) is 17.3 Å². The number of aromatic amines is 1. The van der Waals surface area contributed by atoms with Gasteiger partial charge in [-0.25, -0.2) is 4.98 Å². The van der Waals surface area contributed by atoms with Crippen LogP contribution in [0.15, 0.2) is 24.3 Å². The van der Waals surface area contributed by atoms with Gasteiger partial charge in [-0.3, -0.25) is 5.10 Å². The summed E-state index contributed by atoms with van der Waals surface area (Å²) in [5, 5.41) is 7.13. The lowest BCUT2D eigenvalue weighted by molar-refractivity contribution is -0.0498. The Morgan fingerprint density at radius 2 is 2.05 bits per heavy atom. The minimum atomic E-state index is -2.83. The second-order valence-electron chi connectivity index (χ2n) is 4.93. The van der Waals surface area contributed by atoms with Gasteiger partial charge in [0.2, 0.25) is 0 Å². The Kier molecular flexibility index (Phi) is 3.62. The van der Waals surface area contributed by atoms with Crippen molar-refractivity contribution >= 4 is 0 Å². The number of nitrogens with zero attached hydrogens (tertiary/aromatic N) is 2. The molecule has 1 heterocycles. The number of nitrogens with one attached hydrogen (secondary N) is 1. The molecule has 106 valence electrons. The molecule has 4 nitrogen and oxygen atoms in total. The quantitative estimate of drug-likeness (QED) is 0.927. The predicted molar refractivity (Wildman–Crippen MR) is 69.7 cm³/mol. The highest BCUT2D eigenvalue weighted by Gasteiger charge is 2.21. The van der Waals surface area contributed by atoms with Crippen molar-refractivity contribution in [3.05, 3.63) is 30.1 Å². The summed E-state index contributed by atoms with van der Waals surface area (Å²) in [6.45, 7) is -2.83. The molecule has 1 aromatic heterocycles. The molecule has 2 aromatic rings. The molecule has 0 unspecified atom stereocenters.